The van der Waals surface area contributed by atoms with Crippen LogP contribution in [0.2, 0.25) is 0 Å². The molecule has 0 spiro atoms. The summed E-state index contributed by atoms with van der Waals surface area (Å²) in [6, 6.07) is 7.54. The molecule has 0 radical (unpaired) electrons. The van der Waals surface area contributed by atoms with Gasteiger partial charge in [0.05, 0.1) is 31.8 Å². The van der Waals surface area contributed by atoms with Crippen LogP contribution < -0.4 is 4.74 Å². The van der Waals surface area contributed by atoms with Crippen molar-refractivity contribution in [1.29, 1.82) is 0 Å². The number of rotatable bonds is 5. The lowest BCUT2D eigenvalue weighted by molar-refractivity contribution is 0.0593. The van der Waals surface area contributed by atoms with Crippen LogP contribution >= 0.6 is 0 Å². The highest BCUT2D eigenvalue weighted by Gasteiger charge is 2.09. The van der Waals surface area contributed by atoms with Crippen molar-refractivity contribution in [3.8, 4) is 17.0 Å². The molecule has 2 rings (SSSR count). The number of benzene rings is 1. The van der Waals surface area contributed by atoms with Crippen molar-refractivity contribution in [2.45, 2.75) is 13.8 Å². The predicted octanol–water partition coefficient (Wildman–Crippen LogP) is 2.97. The highest BCUT2D eigenvalue weighted by atomic mass is 16.5. The molecule has 0 amide bonds. The summed E-state index contributed by atoms with van der Waals surface area (Å²) in [4.78, 5) is 19.7. The lowest BCUT2D eigenvalue weighted by atomic mass is 10.1. The SMILES string of the molecule is COC(=O)c1cncc(-c2ccc(OCC(C)C)cc2)n1. The lowest BCUT2D eigenvalue weighted by Crippen LogP contribution is -2.05. The van der Waals surface area contributed by atoms with Gasteiger partial charge in [0.1, 0.15) is 5.75 Å². The fourth-order valence-corrected chi connectivity index (χ4v) is 1.69. The van der Waals surface area contributed by atoms with Gasteiger partial charge in [-0.2, -0.15) is 0 Å². The van der Waals surface area contributed by atoms with E-state index >= 15 is 0 Å². The minimum atomic E-state index is -0.499. The molecule has 0 saturated carbocycles. The Morgan fingerprint density at radius 1 is 1.19 bits per heavy atom. The van der Waals surface area contributed by atoms with Crippen LogP contribution in [0.15, 0.2) is 36.7 Å². The first-order valence-electron chi connectivity index (χ1n) is 6.73. The van der Waals surface area contributed by atoms with Gasteiger partial charge in [-0.05, 0) is 30.2 Å². The fraction of sp³-hybridized carbons (Fsp3) is 0.312. The van der Waals surface area contributed by atoms with E-state index in [4.69, 9.17) is 4.74 Å². The zero-order chi connectivity index (χ0) is 15.2. The first-order chi connectivity index (χ1) is 10.1. The summed E-state index contributed by atoms with van der Waals surface area (Å²) in [6.45, 7) is 4.88. The highest BCUT2D eigenvalue weighted by Crippen LogP contribution is 2.20. The minimum Gasteiger partial charge on any atom is -0.493 e. The third-order valence-corrected chi connectivity index (χ3v) is 2.76. The summed E-state index contributed by atoms with van der Waals surface area (Å²) in [6.07, 6.45) is 2.99. The second kappa shape index (κ2) is 6.83. The van der Waals surface area contributed by atoms with E-state index in [2.05, 4.69) is 28.6 Å². The summed E-state index contributed by atoms with van der Waals surface area (Å²) in [7, 11) is 1.32. The van der Waals surface area contributed by atoms with Crippen molar-refractivity contribution in [1.82, 2.24) is 9.97 Å². The molecule has 5 nitrogen and oxygen atoms in total. The largest absolute Gasteiger partial charge is 0.493 e. The van der Waals surface area contributed by atoms with Crippen LogP contribution in [0.3, 0.4) is 0 Å². The molecule has 0 saturated heterocycles. The van der Waals surface area contributed by atoms with E-state index < -0.39 is 5.97 Å². The molecule has 5 heteroatoms. The van der Waals surface area contributed by atoms with Crippen LogP contribution in [0, 0.1) is 5.92 Å². The van der Waals surface area contributed by atoms with Crippen molar-refractivity contribution < 1.29 is 14.3 Å². The molecule has 1 aromatic carbocycles. The standard InChI is InChI=1S/C16H18N2O3/c1-11(2)10-21-13-6-4-12(5-7-13)14-8-17-9-15(18-14)16(19)20-3/h4-9,11H,10H2,1-3H3. The van der Waals surface area contributed by atoms with E-state index in [1.807, 2.05) is 24.3 Å². The Morgan fingerprint density at radius 2 is 1.90 bits per heavy atom. The summed E-state index contributed by atoms with van der Waals surface area (Å²) in [5.74, 6) is 0.790. The number of carbonyl (C=O) groups is 1. The van der Waals surface area contributed by atoms with E-state index in [9.17, 15) is 4.79 Å². The molecule has 1 aromatic heterocycles. The van der Waals surface area contributed by atoms with Crippen LogP contribution in [-0.4, -0.2) is 29.7 Å². The fourth-order valence-electron chi connectivity index (χ4n) is 1.69. The van der Waals surface area contributed by atoms with Crippen LogP contribution in [0.25, 0.3) is 11.3 Å². The van der Waals surface area contributed by atoms with E-state index in [-0.39, 0.29) is 5.69 Å². The molecule has 1 heterocycles. The Morgan fingerprint density at radius 3 is 2.52 bits per heavy atom. The number of esters is 1. The molecular formula is C16H18N2O3. The van der Waals surface area contributed by atoms with Gasteiger partial charge in [0.2, 0.25) is 0 Å². The topological polar surface area (TPSA) is 61.3 Å². The number of carbonyl (C=O) groups excluding carboxylic acids is 1. The number of hydrogen-bond donors (Lipinski definition) is 0. The third kappa shape index (κ3) is 4.02. The summed E-state index contributed by atoms with van der Waals surface area (Å²) >= 11 is 0. The second-order valence-corrected chi connectivity index (χ2v) is 5.01. The van der Waals surface area contributed by atoms with Gasteiger partial charge in [-0.1, -0.05) is 13.8 Å². The number of ether oxygens (including phenoxy) is 2. The molecule has 21 heavy (non-hydrogen) atoms. The van der Waals surface area contributed by atoms with Crippen LogP contribution in [0.1, 0.15) is 24.3 Å². The highest BCUT2D eigenvalue weighted by molar-refractivity contribution is 5.87. The quantitative estimate of drug-likeness (QED) is 0.791. The zero-order valence-electron chi connectivity index (χ0n) is 12.4. The van der Waals surface area contributed by atoms with Crippen molar-refractivity contribution in [3.63, 3.8) is 0 Å². The van der Waals surface area contributed by atoms with Gasteiger partial charge >= 0.3 is 5.97 Å². The average molecular weight is 286 g/mol. The van der Waals surface area contributed by atoms with E-state index in [0.29, 0.717) is 18.2 Å². The van der Waals surface area contributed by atoms with Crippen molar-refractivity contribution in [2.24, 2.45) is 5.92 Å². The Bertz CT molecular complexity index is 609. The zero-order valence-corrected chi connectivity index (χ0v) is 12.4. The smallest absolute Gasteiger partial charge is 0.358 e. The van der Waals surface area contributed by atoms with E-state index in [1.165, 1.54) is 13.3 Å². The molecule has 0 bridgehead atoms. The Kier molecular flexibility index (Phi) is 4.87. The first kappa shape index (κ1) is 15.0. The molecule has 0 N–H and O–H groups in total. The number of aromatic nitrogens is 2. The van der Waals surface area contributed by atoms with Crippen molar-refractivity contribution in [2.75, 3.05) is 13.7 Å². The van der Waals surface area contributed by atoms with Crippen molar-refractivity contribution >= 4 is 5.97 Å². The molecule has 110 valence electrons. The number of methoxy groups -OCH3 is 1. The number of hydrogen-bond acceptors (Lipinski definition) is 5. The van der Waals surface area contributed by atoms with Crippen LogP contribution in [0.5, 0.6) is 5.75 Å². The molecule has 0 fully saturated rings. The van der Waals surface area contributed by atoms with Crippen LogP contribution in [-0.2, 0) is 4.74 Å². The summed E-state index contributed by atoms with van der Waals surface area (Å²) in [5.41, 5.74) is 1.67. The first-order valence-corrected chi connectivity index (χ1v) is 6.73. The number of nitrogens with zero attached hydrogens (tertiary/aromatic N) is 2. The monoisotopic (exact) mass is 286 g/mol. The maximum Gasteiger partial charge on any atom is 0.358 e. The van der Waals surface area contributed by atoms with Gasteiger partial charge < -0.3 is 9.47 Å². The minimum absolute atomic E-state index is 0.190. The summed E-state index contributed by atoms with van der Waals surface area (Å²) in [5, 5.41) is 0. The van der Waals surface area contributed by atoms with Gasteiger partial charge in [-0.25, -0.2) is 9.78 Å². The molecule has 0 aliphatic rings. The maximum absolute atomic E-state index is 11.5. The van der Waals surface area contributed by atoms with Gasteiger partial charge in [0, 0.05) is 5.56 Å². The van der Waals surface area contributed by atoms with Gasteiger partial charge in [0.15, 0.2) is 5.69 Å². The van der Waals surface area contributed by atoms with E-state index in [0.717, 1.165) is 11.3 Å². The lowest BCUT2D eigenvalue weighted by Gasteiger charge is -2.09. The van der Waals surface area contributed by atoms with Gasteiger partial charge in [-0.3, -0.25) is 4.98 Å². The molecular weight excluding hydrogens is 268 g/mol. The second-order valence-electron chi connectivity index (χ2n) is 5.01. The Hall–Kier alpha value is -2.43. The van der Waals surface area contributed by atoms with Gasteiger partial charge in [-0.15, -0.1) is 0 Å². The molecule has 0 aliphatic heterocycles. The third-order valence-electron chi connectivity index (χ3n) is 2.76. The average Bonchev–Trinajstić information content (AvgIpc) is 2.52. The molecule has 0 aliphatic carbocycles. The molecule has 0 atom stereocenters. The van der Waals surface area contributed by atoms with E-state index in [1.54, 1.807) is 6.20 Å². The maximum atomic E-state index is 11.5. The molecule has 2 aromatic rings. The van der Waals surface area contributed by atoms with Crippen LogP contribution in [0.4, 0.5) is 0 Å². The summed E-state index contributed by atoms with van der Waals surface area (Å²) < 4.78 is 10.3. The normalized spacial score (nSPS) is 10.5. The Balaban J connectivity index is 2.17. The predicted molar refractivity (Wildman–Crippen MR) is 79.1 cm³/mol. The molecule has 0 unspecified atom stereocenters. The van der Waals surface area contributed by atoms with Gasteiger partial charge in [0.25, 0.3) is 0 Å². The Labute approximate surface area is 124 Å². The van der Waals surface area contributed by atoms with Crippen molar-refractivity contribution in [3.05, 3.63) is 42.4 Å².